The molecule has 0 aromatic carbocycles. The van der Waals surface area contributed by atoms with Crippen LogP contribution in [0.3, 0.4) is 0 Å². The highest BCUT2D eigenvalue weighted by Gasteiger charge is 2.21. The minimum atomic E-state index is 0.463. The predicted molar refractivity (Wildman–Crippen MR) is 59.2 cm³/mol. The van der Waals surface area contributed by atoms with E-state index in [1.165, 1.54) is 0 Å². The fraction of sp³-hybridized carbons (Fsp3) is 0.700. The van der Waals surface area contributed by atoms with E-state index in [4.69, 9.17) is 22.1 Å². The number of rotatable bonds is 3. The Labute approximate surface area is 94.2 Å². The summed E-state index contributed by atoms with van der Waals surface area (Å²) < 4.78 is 5.32. The molecule has 4 nitrogen and oxygen atoms in total. The fourth-order valence-corrected chi connectivity index (χ4v) is 2.23. The van der Waals surface area contributed by atoms with Crippen LogP contribution in [0, 0.1) is 0 Å². The number of ether oxygens (including phenoxy) is 1. The van der Waals surface area contributed by atoms with Crippen molar-refractivity contribution in [2.24, 2.45) is 5.73 Å². The summed E-state index contributed by atoms with van der Waals surface area (Å²) in [7, 11) is 0. The monoisotopic (exact) mass is 229 g/mol. The Hall–Kier alpha value is -0.580. The number of imidazole rings is 1. The molecule has 1 saturated heterocycles. The zero-order chi connectivity index (χ0) is 10.7. The summed E-state index contributed by atoms with van der Waals surface area (Å²) >= 11 is 6.09. The van der Waals surface area contributed by atoms with Gasteiger partial charge in [0.05, 0.1) is 5.69 Å². The van der Waals surface area contributed by atoms with Gasteiger partial charge in [-0.3, -0.25) is 0 Å². The topological polar surface area (TPSA) is 63.9 Å². The van der Waals surface area contributed by atoms with Crippen molar-refractivity contribution in [2.75, 3.05) is 19.8 Å². The molecule has 2 heterocycles. The van der Waals surface area contributed by atoms with Gasteiger partial charge in [-0.15, -0.1) is 0 Å². The van der Waals surface area contributed by atoms with Crippen molar-refractivity contribution in [3.05, 3.63) is 16.7 Å². The second kappa shape index (κ2) is 4.96. The minimum Gasteiger partial charge on any atom is -0.381 e. The fourth-order valence-electron chi connectivity index (χ4n) is 1.93. The molecule has 2 rings (SSSR count). The third-order valence-corrected chi connectivity index (χ3v) is 3.03. The maximum Gasteiger partial charge on any atom is 0.150 e. The zero-order valence-corrected chi connectivity index (χ0v) is 9.39. The van der Waals surface area contributed by atoms with Crippen LogP contribution in [-0.4, -0.2) is 29.7 Å². The normalized spacial score (nSPS) is 18.3. The zero-order valence-electron chi connectivity index (χ0n) is 8.63. The van der Waals surface area contributed by atoms with E-state index in [1.807, 2.05) is 0 Å². The number of hydrogen-bond donors (Lipinski definition) is 2. The van der Waals surface area contributed by atoms with E-state index >= 15 is 0 Å². The highest BCUT2D eigenvalue weighted by molar-refractivity contribution is 6.30. The van der Waals surface area contributed by atoms with Gasteiger partial charge in [0.1, 0.15) is 5.82 Å². The van der Waals surface area contributed by atoms with Crippen molar-refractivity contribution >= 4 is 11.6 Å². The Bertz CT molecular complexity index is 320. The molecule has 84 valence electrons. The Morgan fingerprint density at radius 1 is 1.47 bits per heavy atom. The van der Waals surface area contributed by atoms with E-state index in [0.717, 1.165) is 44.0 Å². The quantitative estimate of drug-likeness (QED) is 0.825. The average Bonchev–Trinajstić information content (AvgIpc) is 2.61. The molecule has 1 aliphatic rings. The summed E-state index contributed by atoms with van der Waals surface area (Å²) in [5, 5.41) is 0.602. The molecule has 0 spiro atoms. The van der Waals surface area contributed by atoms with E-state index in [9.17, 15) is 0 Å². The van der Waals surface area contributed by atoms with Crippen LogP contribution in [0.15, 0.2) is 0 Å². The van der Waals surface area contributed by atoms with Gasteiger partial charge < -0.3 is 15.5 Å². The van der Waals surface area contributed by atoms with Gasteiger partial charge in [0, 0.05) is 25.6 Å². The second-order valence-electron chi connectivity index (χ2n) is 3.81. The molecule has 0 unspecified atom stereocenters. The van der Waals surface area contributed by atoms with Gasteiger partial charge in [-0.2, -0.15) is 0 Å². The third-order valence-electron chi connectivity index (χ3n) is 2.75. The summed E-state index contributed by atoms with van der Waals surface area (Å²) in [6.45, 7) is 2.22. The lowest BCUT2D eigenvalue weighted by molar-refractivity contribution is 0.0846. The van der Waals surface area contributed by atoms with Crippen LogP contribution in [0.2, 0.25) is 5.15 Å². The van der Waals surface area contributed by atoms with E-state index in [0.29, 0.717) is 17.6 Å². The molecule has 1 aromatic rings. The van der Waals surface area contributed by atoms with Gasteiger partial charge in [-0.1, -0.05) is 11.6 Å². The third kappa shape index (κ3) is 2.51. The summed E-state index contributed by atoms with van der Waals surface area (Å²) in [6.07, 6.45) is 2.79. The Morgan fingerprint density at radius 2 is 2.20 bits per heavy atom. The molecule has 1 aromatic heterocycles. The van der Waals surface area contributed by atoms with Gasteiger partial charge >= 0.3 is 0 Å². The van der Waals surface area contributed by atoms with Crippen LogP contribution in [0.25, 0.3) is 0 Å². The van der Waals surface area contributed by atoms with Crippen molar-refractivity contribution in [3.8, 4) is 0 Å². The highest BCUT2D eigenvalue weighted by atomic mass is 35.5. The molecule has 5 heteroatoms. The number of aromatic nitrogens is 2. The minimum absolute atomic E-state index is 0.463. The van der Waals surface area contributed by atoms with Crippen molar-refractivity contribution in [3.63, 3.8) is 0 Å². The number of nitrogens with zero attached hydrogens (tertiary/aromatic N) is 1. The summed E-state index contributed by atoms with van der Waals surface area (Å²) in [5.74, 6) is 1.36. The molecule has 0 bridgehead atoms. The number of nitrogens with two attached hydrogens (primary N) is 1. The predicted octanol–water partition coefficient (Wildman–Crippen LogP) is 1.46. The van der Waals surface area contributed by atoms with E-state index in [-0.39, 0.29) is 0 Å². The van der Waals surface area contributed by atoms with Gasteiger partial charge in [-0.25, -0.2) is 4.98 Å². The standard InChI is InChI=1S/C10H16ClN3O/c11-10-9(7-2-5-15-6-3-7)13-8(14-10)1-4-12/h7H,1-6,12H2,(H,13,14). The van der Waals surface area contributed by atoms with Crippen molar-refractivity contribution in [1.82, 2.24) is 9.97 Å². The first-order valence-corrected chi connectivity index (χ1v) is 5.71. The maximum absolute atomic E-state index is 6.09. The van der Waals surface area contributed by atoms with Crippen LogP contribution < -0.4 is 5.73 Å². The van der Waals surface area contributed by atoms with Crippen molar-refractivity contribution < 1.29 is 4.74 Å². The van der Waals surface area contributed by atoms with Crippen LogP contribution >= 0.6 is 11.6 Å². The van der Waals surface area contributed by atoms with E-state index in [1.54, 1.807) is 0 Å². The smallest absolute Gasteiger partial charge is 0.150 e. The number of halogens is 1. The number of H-pyrrole nitrogens is 1. The molecule has 0 radical (unpaired) electrons. The van der Waals surface area contributed by atoms with Gasteiger partial charge in [-0.05, 0) is 19.4 Å². The van der Waals surface area contributed by atoms with Crippen LogP contribution in [0.5, 0.6) is 0 Å². The Balaban J connectivity index is 2.11. The average molecular weight is 230 g/mol. The molecule has 1 fully saturated rings. The summed E-state index contributed by atoms with van der Waals surface area (Å²) in [4.78, 5) is 7.54. The molecule has 3 N–H and O–H groups in total. The van der Waals surface area contributed by atoms with E-state index in [2.05, 4.69) is 9.97 Å². The second-order valence-corrected chi connectivity index (χ2v) is 4.17. The lowest BCUT2D eigenvalue weighted by atomic mass is 9.97. The summed E-state index contributed by atoms with van der Waals surface area (Å²) in [5.41, 5.74) is 6.53. The highest BCUT2D eigenvalue weighted by Crippen LogP contribution is 2.30. The molecule has 0 saturated carbocycles. The van der Waals surface area contributed by atoms with Gasteiger partial charge in [0.15, 0.2) is 5.15 Å². The molecule has 0 amide bonds. The van der Waals surface area contributed by atoms with Crippen LogP contribution in [0.1, 0.15) is 30.3 Å². The van der Waals surface area contributed by atoms with Crippen molar-refractivity contribution in [2.45, 2.75) is 25.2 Å². The van der Waals surface area contributed by atoms with Crippen LogP contribution in [0.4, 0.5) is 0 Å². The van der Waals surface area contributed by atoms with Crippen molar-refractivity contribution in [1.29, 1.82) is 0 Å². The largest absolute Gasteiger partial charge is 0.381 e. The van der Waals surface area contributed by atoms with Gasteiger partial charge in [0.2, 0.25) is 0 Å². The molecular formula is C10H16ClN3O. The molecule has 0 atom stereocenters. The van der Waals surface area contributed by atoms with Crippen LogP contribution in [-0.2, 0) is 11.2 Å². The molecule has 1 aliphatic heterocycles. The Kier molecular flexibility index (Phi) is 3.61. The number of nitrogens with one attached hydrogen (secondary N) is 1. The number of aromatic amines is 1. The number of hydrogen-bond acceptors (Lipinski definition) is 3. The lowest BCUT2D eigenvalue weighted by Crippen LogP contribution is -2.14. The maximum atomic E-state index is 6.09. The first-order chi connectivity index (χ1) is 7.31. The molecular weight excluding hydrogens is 214 g/mol. The molecule has 15 heavy (non-hydrogen) atoms. The SMILES string of the molecule is NCCc1nc(Cl)c(C2CCOCC2)[nH]1. The van der Waals surface area contributed by atoms with Gasteiger partial charge in [0.25, 0.3) is 0 Å². The first-order valence-electron chi connectivity index (χ1n) is 5.33. The van der Waals surface area contributed by atoms with E-state index < -0.39 is 0 Å². The Morgan fingerprint density at radius 3 is 2.87 bits per heavy atom. The summed E-state index contributed by atoms with van der Waals surface area (Å²) in [6, 6.07) is 0. The first kappa shape index (κ1) is 10.9. The lowest BCUT2D eigenvalue weighted by Gasteiger charge is -2.20. The molecule has 0 aliphatic carbocycles.